The topological polar surface area (TPSA) is 0 Å². The molecule has 0 saturated carbocycles. The molecule has 0 unspecified atom stereocenters. The summed E-state index contributed by atoms with van der Waals surface area (Å²) in [4.78, 5) is 0. The monoisotopic (exact) mass is 234 g/mol. The van der Waals surface area contributed by atoms with Gasteiger partial charge in [0.1, 0.15) is 0 Å². The fourth-order valence-electron chi connectivity index (χ4n) is 2.03. The lowest BCUT2D eigenvalue weighted by Crippen LogP contribution is -1.88. The summed E-state index contributed by atoms with van der Waals surface area (Å²) in [5.41, 5.74) is 2.09. The minimum absolute atomic E-state index is 0.610. The average molecular weight is 234 g/mol. The average Bonchev–Trinajstić information content (AvgIpc) is 2.35. The molecule has 0 heterocycles. The van der Waals surface area contributed by atoms with Crippen molar-refractivity contribution in [2.24, 2.45) is 5.92 Å². The molecule has 0 saturated heterocycles. The third kappa shape index (κ3) is 3.02. The molecular formula is C18H18. The van der Waals surface area contributed by atoms with Gasteiger partial charge in [-0.3, -0.25) is 0 Å². The summed E-state index contributed by atoms with van der Waals surface area (Å²) in [6, 6.07) is 14.6. The molecule has 0 atom stereocenters. The molecule has 2 aromatic carbocycles. The van der Waals surface area contributed by atoms with E-state index in [0.29, 0.717) is 5.92 Å². The molecule has 0 aromatic heterocycles. The van der Waals surface area contributed by atoms with E-state index in [1.165, 1.54) is 10.8 Å². The second-order valence-electron chi connectivity index (χ2n) is 4.98. The summed E-state index contributed by atoms with van der Waals surface area (Å²) in [5, 5.41) is 2.45. The Morgan fingerprint density at radius 1 is 1.11 bits per heavy atom. The molecule has 0 radical (unpaired) electrons. The minimum atomic E-state index is 0.610. The molecule has 0 fully saturated rings. The van der Waals surface area contributed by atoms with Crippen molar-refractivity contribution >= 4 is 10.8 Å². The first kappa shape index (κ1) is 12.5. The van der Waals surface area contributed by atoms with Gasteiger partial charge >= 0.3 is 0 Å². The van der Waals surface area contributed by atoms with E-state index in [4.69, 9.17) is 0 Å². The standard InChI is InChI=1S/C18H18/c1-14(2)13-15(3)11-12-17-9-6-8-16-7-4-5-10-18(16)17/h4-10,14H,3,13H2,1-2H3. The molecule has 0 amide bonds. The Labute approximate surface area is 109 Å². The first-order valence-corrected chi connectivity index (χ1v) is 6.34. The highest BCUT2D eigenvalue weighted by molar-refractivity contribution is 5.88. The van der Waals surface area contributed by atoms with Crippen LogP contribution in [-0.4, -0.2) is 0 Å². The van der Waals surface area contributed by atoms with Crippen LogP contribution in [0.25, 0.3) is 10.8 Å². The van der Waals surface area contributed by atoms with Gasteiger partial charge < -0.3 is 0 Å². The van der Waals surface area contributed by atoms with Gasteiger partial charge in [-0.25, -0.2) is 0 Å². The number of rotatable bonds is 2. The van der Waals surface area contributed by atoms with E-state index < -0.39 is 0 Å². The van der Waals surface area contributed by atoms with E-state index in [1.54, 1.807) is 0 Å². The Morgan fingerprint density at radius 3 is 2.61 bits per heavy atom. The zero-order valence-electron chi connectivity index (χ0n) is 11.0. The van der Waals surface area contributed by atoms with Gasteiger partial charge in [0, 0.05) is 5.56 Å². The van der Waals surface area contributed by atoms with Crippen molar-refractivity contribution in [3.05, 3.63) is 60.2 Å². The van der Waals surface area contributed by atoms with Crippen LogP contribution in [0.15, 0.2) is 54.6 Å². The van der Waals surface area contributed by atoms with Crippen LogP contribution >= 0.6 is 0 Å². The van der Waals surface area contributed by atoms with Crippen molar-refractivity contribution in [1.29, 1.82) is 0 Å². The van der Waals surface area contributed by atoms with Gasteiger partial charge in [0.25, 0.3) is 0 Å². The summed E-state index contributed by atoms with van der Waals surface area (Å²) in [6.45, 7) is 8.39. The number of fused-ring (bicyclic) bond motifs is 1. The van der Waals surface area contributed by atoms with E-state index >= 15 is 0 Å². The second-order valence-corrected chi connectivity index (χ2v) is 4.98. The third-order valence-electron chi connectivity index (χ3n) is 2.82. The van der Waals surface area contributed by atoms with Crippen LogP contribution in [0.4, 0.5) is 0 Å². The molecule has 0 N–H and O–H groups in total. The first-order chi connectivity index (χ1) is 8.66. The molecule has 0 aliphatic rings. The van der Waals surface area contributed by atoms with Crippen molar-refractivity contribution in [1.82, 2.24) is 0 Å². The Kier molecular flexibility index (Phi) is 3.85. The summed E-state index contributed by atoms with van der Waals surface area (Å²) in [5.74, 6) is 7.03. The molecule has 2 rings (SSSR count). The second kappa shape index (κ2) is 5.56. The minimum Gasteiger partial charge on any atom is -0.0874 e. The van der Waals surface area contributed by atoms with Gasteiger partial charge in [0.15, 0.2) is 0 Å². The molecule has 0 spiro atoms. The molecule has 2 aromatic rings. The van der Waals surface area contributed by atoms with Gasteiger partial charge in [-0.2, -0.15) is 0 Å². The number of benzene rings is 2. The summed E-state index contributed by atoms with van der Waals surface area (Å²) in [7, 11) is 0. The zero-order chi connectivity index (χ0) is 13.0. The van der Waals surface area contributed by atoms with Gasteiger partial charge in [-0.15, -0.1) is 0 Å². The normalized spacial score (nSPS) is 10.2. The maximum atomic E-state index is 4.02. The Hall–Kier alpha value is -2.00. The Bertz CT molecular complexity index is 616. The highest BCUT2D eigenvalue weighted by Crippen LogP contribution is 2.17. The van der Waals surface area contributed by atoms with Crippen LogP contribution in [0.3, 0.4) is 0 Å². The smallest absolute Gasteiger partial charge is 0.0327 e. The maximum Gasteiger partial charge on any atom is 0.0327 e. The largest absolute Gasteiger partial charge is 0.0874 e. The van der Waals surface area contributed by atoms with Crippen molar-refractivity contribution in [2.75, 3.05) is 0 Å². The van der Waals surface area contributed by atoms with Crippen molar-refractivity contribution < 1.29 is 0 Å². The van der Waals surface area contributed by atoms with Crippen molar-refractivity contribution in [3.8, 4) is 11.8 Å². The lowest BCUT2D eigenvalue weighted by molar-refractivity contribution is 0.653. The third-order valence-corrected chi connectivity index (χ3v) is 2.82. The van der Waals surface area contributed by atoms with Crippen molar-refractivity contribution in [2.45, 2.75) is 20.3 Å². The molecule has 90 valence electrons. The van der Waals surface area contributed by atoms with Gasteiger partial charge in [0.05, 0.1) is 0 Å². The van der Waals surface area contributed by atoms with E-state index in [2.05, 4.69) is 74.7 Å². The number of hydrogen-bond donors (Lipinski definition) is 0. The molecule has 0 nitrogen and oxygen atoms in total. The predicted molar refractivity (Wildman–Crippen MR) is 79.4 cm³/mol. The van der Waals surface area contributed by atoms with Crippen LogP contribution in [0.2, 0.25) is 0 Å². The Balaban J connectivity index is 2.33. The number of allylic oxidation sites excluding steroid dienone is 1. The quantitative estimate of drug-likeness (QED) is 0.655. The van der Waals surface area contributed by atoms with Crippen LogP contribution in [0.1, 0.15) is 25.8 Å². The Morgan fingerprint density at radius 2 is 1.83 bits per heavy atom. The van der Waals surface area contributed by atoms with Crippen LogP contribution in [0, 0.1) is 17.8 Å². The molecule has 18 heavy (non-hydrogen) atoms. The number of hydrogen-bond acceptors (Lipinski definition) is 0. The zero-order valence-corrected chi connectivity index (χ0v) is 11.0. The van der Waals surface area contributed by atoms with Gasteiger partial charge in [-0.05, 0) is 34.8 Å². The fourth-order valence-corrected chi connectivity index (χ4v) is 2.03. The fraction of sp³-hybridized carbons (Fsp3) is 0.222. The molecule has 0 heteroatoms. The first-order valence-electron chi connectivity index (χ1n) is 6.34. The SMILES string of the molecule is C=C(C#Cc1cccc2ccccc12)CC(C)C. The maximum absolute atomic E-state index is 4.02. The van der Waals surface area contributed by atoms with E-state index in [1.807, 2.05) is 0 Å². The van der Waals surface area contributed by atoms with Crippen LogP contribution in [-0.2, 0) is 0 Å². The molecule has 0 bridgehead atoms. The summed E-state index contributed by atoms with van der Waals surface area (Å²) >= 11 is 0. The lowest BCUT2D eigenvalue weighted by atomic mass is 10.0. The molecular weight excluding hydrogens is 216 g/mol. The summed E-state index contributed by atoms with van der Waals surface area (Å²) in [6.07, 6.45) is 0.970. The molecule has 0 aliphatic heterocycles. The van der Waals surface area contributed by atoms with Crippen molar-refractivity contribution in [3.63, 3.8) is 0 Å². The molecule has 0 aliphatic carbocycles. The van der Waals surface area contributed by atoms with E-state index in [0.717, 1.165) is 17.6 Å². The predicted octanol–water partition coefficient (Wildman–Crippen LogP) is 4.79. The van der Waals surface area contributed by atoms with Gasteiger partial charge in [0.2, 0.25) is 0 Å². The van der Waals surface area contributed by atoms with Crippen LogP contribution < -0.4 is 0 Å². The van der Waals surface area contributed by atoms with E-state index in [-0.39, 0.29) is 0 Å². The highest BCUT2D eigenvalue weighted by Gasteiger charge is 1.97. The lowest BCUT2D eigenvalue weighted by Gasteiger charge is -2.02. The van der Waals surface area contributed by atoms with Gasteiger partial charge in [-0.1, -0.05) is 68.7 Å². The highest BCUT2D eigenvalue weighted by atomic mass is 14.0. The van der Waals surface area contributed by atoms with E-state index in [9.17, 15) is 0 Å². The van der Waals surface area contributed by atoms with Crippen LogP contribution in [0.5, 0.6) is 0 Å². The summed E-state index contributed by atoms with van der Waals surface area (Å²) < 4.78 is 0.